The molecule has 160 valence electrons. The number of carbonyl (C=O) groups excluding carboxylic acids is 1. The third-order valence-corrected chi connectivity index (χ3v) is 4.43. The molecule has 1 amide bonds. The van der Waals surface area contributed by atoms with Crippen LogP contribution in [-0.4, -0.2) is 18.3 Å². The lowest BCUT2D eigenvalue weighted by atomic mass is 10.1. The Morgan fingerprint density at radius 3 is 1.72 bits per heavy atom. The smallest absolute Gasteiger partial charge is 0.271 e. The van der Waals surface area contributed by atoms with Crippen molar-refractivity contribution in [1.82, 2.24) is 5.43 Å². The van der Waals surface area contributed by atoms with Gasteiger partial charge in [0.25, 0.3) is 5.91 Å². The summed E-state index contributed by atoms with van der Waals surface area (Å²) in [5, 5.41) is 8.27. The fraction of sp³-hybridized carbons (Fsp3) is 0.0741. The van der Waals surface area contributed by atoms with Gasteiger partial charge < -0.3 is 0 Å². The van der Waals surface area contributed by atoms with Crippen molar-refractivity contribution in [3.8, 4) is 0 Å². The van der Waals surface area contributed by atoms with Gasteiger partial charge in [-0.3, -0.25) is 10.2 Å². The Bertz CT molecular complexity index is 1130. The van der Waals surface area contributed by atoms with Gasteiger partial charge in [-0.15, -0.1) is 0 Å². The molecular formula is C27H26N4O. The highest BCUT2D eigenvalue weighted by Gasteiger charge is 2.03. The van der Waals surface area contributed by atoms with E-state index in [0.717, 1.165) is 28.0 Å². The molecule has 5 heteroatoms. The molecule has 0 radical (unpaired) electrons. The molecule has 0 saturated carbocycles. The Morgan fingerprint density at radius 2 is 1.19 bits per heavy atom. The van der Waals surface area contributed by atoms with Crippen LogP contribution in [0.5, 0.6) is 0 Å². The summed E-state index contributed by atoms with van der Waals surface area (Å²) in [4.78, 5) is 12.3. The molecule has 0 saturated heterocycles. The van der Waals surface area contributed by atoms with Crippen LogP contribution in [-0.2, 0) is 0 Å². The minimum atomic E-state index is -0.273. The summed E-state index contributed by atoms with van der Waals surface area (Å²) in [5.74, 6) is -0.273. The van der Waals surface area contributed by atoms with Crippen LogP contribution < -0.4 is 10.9 Å². The van der Waals surface area contributed by atoms with E-state index in [1.807, 2.05) is 80.6 Å². The van der Waals surface area contributed by atoms with Crippen LogP contribution in [0.4, 0.5) is 5.69 Å². The van der Waals surface area contributed by atoms with Crippen molar-refractivity contribution in [2.24, 2.45) is 10.2 Å². The van der Waals surface area contributed by atoms with Crippen LogP contribution in [0.25, 0.3) is 12.2 Å². The van der Waals surface area contributed by atoms with Gasteiger partial charge in [-0.25, -0.2) is 5.43 Å². The Kier molecular flexibility index (Phi) is 8.28. The van der Waals surface area contributed by atoms with Crippen LogP contribution in [0.2, 0.25) is 0 Å². The number of benzene rings is 3. The lowest BCUT2D eigenvalue weighted by Crippen LogP contribution is -2.17. The molecule has 0 unspecified atom stereocenters. The number of amides is 1. The first-order chi connectivity index (χ1) is 15.6. The monoisotopic (exact) mass is 422 g/mol. The molecule has 5 nitrogen and oxygen atoms in total. The third kappa shape index (κ3) is 7.54. The van der Waals surface area contributed by atoms with Crippen LogP contribution in [0.1, 0.15) is 35.3 Å². The third-order valence-electron chi connectivity index (χ3n) is 4.43. The number of hydrogen-bond donors (Lipinski definition) is 2. The average molecular weight is 423 g/mol. The molecule has 0 heterocycles. The summed E-state index contributed by atoms with van der Waals surface area (Å²) in [6.45, 7) is 3.92. The second kappa shape index (κ2) is 11.8. The van der Waals surface area contributed by atoms with Crippen molar-refractivity contribution in [1.29, 1.82) is 0 Å². The van der Waals surface area contributed by atoms with Gasteiger partial charge in [-0.05, 0) is 60.4 Å². The Balaban J connectivity index is 1.49. The topological polar surface area (TPSA) is 65.8 Å². The Labute approximate surface area is 188 Å². The van der Waals surface area contributed by atoms with Crippen LogP contribution in [0, 0.1) is 0 Å². The highest BCUT2D eigenvalue weighted by atomic mass is 16.2. The number of allylic oxidation sites excluding steroid dienone is 2. The molecule has 0 aliphatic heterocycles. The number of nitrogens with zero attached hydrogens (tertiary/aromatic N) is 2. The fourth-order valence-corrected chi connectivity index (χ4v) is 2.86. The highest BCUT2D eigenvalue weighted by Crippen LogP contribution is 2.10. The van der Waals surface area contributed by atoms with Gasteiger partial charge in [0.1, 0.15) is 0 Å². The zero-order valence-corrected chi connectivity index (χ0v) is 18.2. The summed E-state index contributed by atoms with van der Waals surface area (Å²) in [7, 11) is 0. The van der Waals surface area contributed by atoms with E-state index in [2.05, 4.69) is 27.1 Å². The van der Waals surface area contributed by atoms with Crippen molar-refractivity contribution < 1.29 is 4.79 Å². The molecule has 3 aromatic rings. The molecule has 3 aromatic carbocycles. The van der Waals surface area contributed by atoms with Gasteiger partial charge in [0, 0.05) is 5.56 Å². The molecule has 0 bridgehead atoms. The summed E-state index contributed by atoms with van der Waals surface area (Å²) >= 11 is 0. The van der Waals surface area contributed by atoms with Gasteiger partial charge in [-0.1, -0.05) is 72.8 Å². The lowest BCUT2D eigenvalue weighted by molar-refractivity contribution is 0.0955. The van der Waals surface area contributed by atoms with Crippen molar-refractivity contribution >= 4 is 36.2 Å². The number of anilines is 1. The van der Waals surface area contributed by atoms with Gasteiger partial charge >= 0.3 is 0 Å². The number of rotatable bonds is 8. The van der Waals surface area contributed by atoms with Gasteiger partial charge in [0.2, 0.25) is 0 Å². The summed E-state index contributed by atoms with van der Waals surface area (Å²) < 4.78 is 0. The maximum atomic E-state index is 12.3. The molecule has 3 rings (SSSR count). The van der Waals surface area contributed by atoms with Gasteiger partial charge in [0.15, 0.2) is 0 Å². The van der Waals surface area contributed by atoms with Crippen LogP contribution >= 0.6 is 0 Å². The maximum absolute atomic E-state index is 12.3. The lowest BCUT2D eigenvalue weighted by Gasteiger charge is -2.03. The minimum absolute atomic E-state index is 0.273. The predicted octanol–water partition coefficient (Wildman–Crippen LogP) is 6.01. The van der Waals surface area contributed by atoms with Gasteiger partial charge in [0.05, 0.1) is 18.1 Å². The first-order valence-electron chi connectivity index (χ1n) is 10.3. The quantitative estimate of drug-likeness (QED) is 0.345. The van der Waals surface area contributed by atoms with Crippen LogP contribution in [0.3, 0.4) is 0 Å². The van der Waals surface area contributed by atoms with Gasteiger partial charge in [-0.2, -0.15) is 10.2 Å². The number of nitrogens with one attached hydrogen (secondary N) is 2. The molecule has 0 atom stereocenters. The van der Waals surface area contributed by atoms with E-state index in [9.17, 15) is 4.79 Å². The highest BCUT2D eigenvalue weighted by molar-refractivity contribution is 5.95. The summed E-state index contributed by atoms with van der Waals surface area (Å²) in [5.41, 5.74) is 11.0. The standard InChI is InChI=1S/C27H26N4O/c1-21(17-23-9-5-3-6-10-23)19-28-30-26-15-13-25(14-16-26)27(32)31-29-20-22(2)18-24-11-7-4-8-12-24/h3-20,30H,1-2H3,(H,31,32). The van der Waals surface area contributed by atoms with E-state index in [0.29, 0.717) is 5.56 Å². The molecule has 0 aliphatic rings. The molecule has 0 fully saturated rings. The zero-order valence-electron chi connectivity index (χ0n) is 18.2. The SMILES string of the molecule is CC(C=NNC(=O)c1ccc(NN=CC(C)=Cc2ccccc2)cc1)=Cc1ccccc1. The van der Waals surface area contributed by atoms with E-state index in [4.69, 9.17) is 0 Å². The van der Waals surface area contributed by atoms with Crippen molar-refractivity contribution in [3.05, 3.63) is 113 Å². The Morgan fingerprint density at radius 1 is 0.688 bits per heavy atom. The number of carbonyl (C=O) groups is 1. The largest absolute Gasteiger partial charge is 0.279 e. The molecular weight excluding hydrogens is 396 g/mol. The Hall–Kier alpha value is -4.25. The first kappa shape index (κ1) is 22.4. The molecule has 2 N–H and O–H groups in total. The molecule has 0 aromatic heterocycles. The molecule has 32 heavy (non-hydrogen) atoms. The van der Waals surface area contributed by atoms with E-state index >= 15 is 0 Å². The number of hydrazone groups is 2. The molecule has 0 aliphatic carbocycles. The first-order valence-corrected chi connectivity index (χ1v) is 10.3. The van der Waals surface area contributed by atoms with Crippen molar-refractivity contribution in [3.63, 3.8) is 0 Å². The van der Waals surface area contributed by atoms with E-state index in [-0.39, 0.29) is 5.91 Å². The van der Waals surface area contributed by atoms with E-state index < -0.39 is 0 Å². The second-order valence-corrected chi connectivity index (χ2v) is 7.24. The van der Waals surface area contributed by atoms with Crippen molar-refractivity contribution in [2.75, 3.05) is 5.43 Å². The van der Waals surface area contributed by atoms with E-state index in [1.54, 1.807) is 36.7 Å². The molecule has 0 spiro atoms. The van der Waals surface area contributed by atoms with Crippen LogP contribution in [0.15, 0.2) is 106 Å². The second-order valence-electron chi connectivity index (χ2n) is 7.24. The van der Waals surface area contributed by atoms with Crippen molar-refractivity contribution in [2.45, 2.75) is 13.8 Å². The maximum Gasteiger partial charge on any atom is 0.271 e. The normalized spacial score (nSPS) is 12.3. The summed E-state index contributed by atoms with van der Waals surface area (Å²) in [6.07, 6.45) is 7.43. The zero-order chi connectivity index (χ0) is 22.6. The minimum Gasteiger partial charge on any atom is -0.279 e. The average Bonchev–Trinajstić information content (AvgIpc) is 2.81. The summed E-state index contributed by atoms with van der Waals surface area (Å²) in [6, 6.07) is 27.1. The predicted molar refractivity (Wildman–Crippen MR) is 135 cm³/mol. The fourth-order valence-electron chi connectivity index (χ4n) is 2.86. The van der Waals surface area contributed by atoms with E-state index in [1.165, 1.54) is 0 Å². The number of hydrogen-bond acceptors (Lipinski definition) is 4.